The molecule has 4 aromatic carbocycles. The fraction of sp³-hybridized carbons (Fsp3) is 0.349. The molecule has 0 atom stereocenters. The minimum absolute atomic E-state index is 0.00316. The first-order valence-electron chi connectivity index (χ1n) is 18.6. The Morgan fingerprint density at radius 3 is 1.35 bits per heavy atom. The fourth-order valence-corrected chi connectivity index (χ4v) is 7.25. The zero-order valence-electron chi connectivity index (χ0n) is 31.4. The van der Waals surface area contributed by atoms with Gasteiger partial charge in [0.1, 0.15) is 0 Å². The van der Waals surface area contributed by atoms with Gasteiger partial charge in [0.05, 0.1) is 0 Å². The summed E-state index contributed by atoms with van der Waals surface area (Å²) in [7, 11) is 4.03. The number of piperazine rings is 2. The van der Waals surface area contributed by atoms with Crippen molar-refractivity contribution in [3.05, 3.63) is 128 Å². The van der Waals surface area contributed by atoms with Crippen LogP contribution in [0.4, 0.5) is 11.4 Å². The predicted octanol–water partition coefficient (Wildman–Crippen LogP) is 8.13. The van der Waals surface area contributed by atoms with Gasteiger partial charge in [0.15, 0.2) is 11.6 Å². The molecule has 290 valence electrons. The molecule has 2 amide bonds. The van der Waals surface area contributed by atoms with E-state index in [0.717, 1.165) is 48.6 Å². The molecule has 55 heavy (non-hydrogen) atoms. The highest BCUT2D eigenvalue weighted by molar-refractivity contribution is 9.10. The smallest absolute Gasteiger partial charge is 0.223 e. The zero-order valence-corrected chi connectivity index (χ0v) is 34.5. The lowest BCUT2D eigenvalue weighted by atomic mass is 10.0. The van der Waals surface area contributed by atoms with Gasteiger partial charge in [0.25, 0.3) is 0 Å². The van der Waals surface area contributed by atoms with Crippen molar-refractivity contribution < 1.29 is 19.2 Å². The van der Waals surface area contributed by atoms with Crippen molar-refractivity contribution >= 4 is 73.9 Å². The summed E-state index contributed by atoms with van der Waals surface area (Å²) < 4.78 is 0.933. The van der Waals surface area contributed by atoms with E-state index in [-0.39, 0.29) is 49.1 Å². The van der Waals surface area contributed by atoms with Crippen LogP contribution in [-0.4, -0.2) is 105 Å². The molecule has 0 unspecified atom stereocenters. The SMILES string of the molecule is CN(C)Cc1ccc(C(=O)CCC(=O)N2CCN(c3cccc(Cl)c3)CC2)cc1.O=C(CCC(=O)N1CCN(c2cccc(Cl)c2)CC1)c1ccc(Br)cc1. The van der Waals surface area contributed by atoms with Crippen molar-refractivity contribution in [1.29, 1.82) is 0 Å². The largest absolute Gasteiger partial charge is 0.368 e. The molecule has 2 aliphatic heterocycles. The van der Waals surface area contributed by atoms with Gasteiger partial charge >= 0.3 is 0 Å². The number of Topliss-reactive ketones (excluding diaryl/α,β-unsaturated/α-hetero) is 2. The zero-order chi connectivity index (χ0) is 39.3. The van der Waals surface area contributed by atoms with Crippen LogP contribution in [0.5, 0.6) is 0 Å². The van der Waals surface area contributed by atoms with Gasteiger partial charge in [-0.15, -0.1) is 0 Å². The van der Waals surface area contributed by atoms with Gasteiger partial charge in [-0.1, -0.05) is 87.7 Å². The van der Waals surface area contributed by atoms with Crippen LogP contribution in [0.2, 0.25) is 10.0 Å². The summed E-state index contributed by atoms with van der Waals surface area (Å²) in [6.45, 7) is 6.58. The maximum Gasteiger partial charge on any atom is 0.223 e. The number of nitrogens with zero attached hydrogens (tertiary/aromatic N) is 5. The van der Waals surface area contributed by atoms with Gasteiger partial charge in [-0.05, 0) is 68.2 Å². The van der Waals surface area contributed by atoms with E-state index in [0.29, 0.717) is 47.4 Å². The van der Waals surface area contributed by atoms with Gasteiger partial charge in [-0.2, -0.15) is 0 Å². The summed E-state index contributed by atoms with van der Waals surface area (Å²) in [5.74, 6) is 0.116. The monoisotopic (exact) mass is 847 g/mol. The number of halogens is 3. The van der Waals surface area contributed by atoms with Crippen LogP contribution in [-0.2, 0) is 16.1 Å². The van der Waals surface area contributed by atoms with Gasteiger partial charge < -0.3 is 24.5 Å². The molecule has 9 nitrogen and oxygen atoms in total. The van der Waals surface area contributed by atoms with Crippen LogP contribution in [0.3, 0.4) is 0 Å². The minimum atomic E-state index is 0.00316. The lowest BCUT2D eigenvalue weighted by Gasteiger charge is -2.36. The average molecular weight is 850 g/mol. The number of rotatable bonds is 12. The molecule has 0 aliphatic carbocycles. The standard InChI is InChI=1S/C23H28ClN3O2.C20H20BrClN2O2/c1-25(2)17-18-6-8-19(9-7-18)22(28)10-11-23(29)27-14-12-26(13-15-27)21-5-3-4-20(24)16-21;21-16-6-4-15(5-7-16)19(25)8-9-20(26)24-12-10-23(11-13-24)18-3-1-2-17(22)14-18/h3-9,16H,10-15,17H2,1-2H3;1-7,14H,8-13H2. The molecule has 2 heterocycles. The van der Waals surface area contributed by atoms with Crippen LogP contribution in [0.15, 0.2) is 102 Å². The van der Waals surface area contributed by atoms with Gasteiger partial charge in [0.2, 0.25) is 11.8 Å². The van der Waals surface area contributed by atoms with Crippen molar-refractivity contribution in [3.8, 4) is 0 Å². The quantitative estimate of drug-likeness (QED) is 0.133. The highest BCUT2D eigenvalue weighted by atomic mass is 79.9. The second-order valence-corrected chi connectivity index (χ2v) is 15.8. The van der Waals surface area contributed by atoms with Crippen molar-refractivity contribution in [1.82, 2.24) is 14.7 Å². The maximum absolute atomic E-state index is 12.5. The summed E-state index contributed by atoms with van der Waals surface area (Å²) >= 11 is 15.5. The summed E-state index contributed by atoms with van der Waals surface area (Å²) in [4.78, 5) is 59.8. The molecule has 0 spiro atoms. The number of hydrogen-bond acceptors (Lipinski definition) is 7. The topological polar surface area (TPSA) is 84.5 Å². The summed E-state index contributed by atoms with van der Waals surface area (Å²) in [6.07, 6.45) is 1.01. The summed E-state index contributed by atoms with van der Waals surface area (Å²) in [6, 6.07) is 30.4. The third-order valence-electron chi connectivity index (χ3n) is 9.68. The van der Waals surface area contributed by atoms with E-state index in [2.05, 4.69) is 30.6 Å². The molecule has 0 radical (unpaired) electrons. The number of amides is 2. The van der Waals surface area contributed by atoms with Crippen molar-refractivity contribution in [2.24, 2.45) is 0 Å². The number of hydrogen-bond donors (Lipinski definition) is 0. The van der Waals surface area contributed by atoms with Crippen molar-refractivity contribution in [2.45, 2.75) is 32.2 Å². The number of carbonyl (C=O) groups is 4. The number of ketones is 2. The molecule has 6 rings (SSSR count). The van der Waals surface area contributed by atoms with Crippen molar-refractivity contribution in [2.75, 3.05) is 76.3 Å². The van der Waals surface area contributed by atoms with E-state index >= 15 is 0 Å². The number of carbonyl (C=O) groups excluding carboxylic acids is 4. The normalized spacial score (nSPS) is 14.4. The third kappa shape index (κ3) is 12.9. The van der Waals surface area contributed by atoms with E-state index in [4.69, 9.17) is 23.2 Å². The molecule has 0 bridgehead atoms. The van der Waals surface area contributed by atoms with E-state index in [1.165, 1.54) is 5.56 Å². The van der Waals surface area contributed by atoms with Crippen LogP contribution in [0, 0.1) is 0 Å². The molecule has 0 saturated carbocycles. The van der Waals surface area contributed by atoms with Crippen molar-refractivity contribution in [3.63, 3.8) is 0 Å². The molecular formula is C43H48BrCl2N5O4. The lowest BCUT2D eigenvalue weighted by molar-refractivity contribution is -0.132. The Morgan fingerprint density at radius 1 is 0.564 bits per heavy atom. The lowest BCUT2D eigenvalue weighted by Crippen LogP contribution is -2.48. The number of anilines is 2. The minimum Gasteiger partial charge on any atom is -0.368 e. The second-order valence-electron chi connectivity index (χ2n) is 14.0. The first-order valence-corrected chi connectivity index (χ1v) is 20.1. The molecule has 2 aliphatic rings. The third-order valence-corrected chi connectivity index (χ3v) is 10.7. The van der Waals surface area contributed by atoms with E-state index in [1.54, 1.807) is 12.1 Å². The Labute approximate surface area is 342 Å². The van der Waals surface area contributed by atoms with E-state index in [9.17, 15) is 19.2 Å². The molecule has 2 fully saturated rings. The Morgan fingerprint density at radius 2 is 0.964 bits per heavy atom. The maximum atomic E-state index is 12.5. The average Bonchev–Trinajstić information content (AvgIpc) is 3.19. The molecule has 0 N–H and O–H groups in total. The van der Waals surface area contributed by atoms with Crippen LogP contribution < -0.4 is 9.80 Å². The Hall–Kier alpha value is -4.22. The fourth-order valence-electron chi connectivity index (χ4n) is 6.62. The Balaban J connectivity index is 0.000000212. The van der Waals surface area contributed by atoms with Gasteiger partial charge in [-0.25, -0.2) is 0 Å². The van der Waals surface area contributed by atoms with E-state index < -0.39 is 0 Å². The Kier molecular flexibility index (Phi) is 15.7. The molecule has 2 saturated heterocycles. The van der Waals surface area contributed by atoms with Crippen LogP contribution >= 0.6 is 39.1 Å². The summed E-state index contributed by atoms with van der Waals surface area (Å²) in [5.41, 5.74) is 4.64. The van der Waals surface area contributed by atoms with Gasteiger partial charge in [0, 0.05) is 122 Å². The molecule has 0 aromatic heterocycles. The Bertz CT molecular complexity index is 1910. The highest BCUT2D eigenvalue weighted by Crippen LogP contribution is 2.23. The molecule has 12 heteroatoms. The second kappa shape index (κ2) is 20.6. The molecule has 4 aromatic rings. The predicted molar refractivity (Wildman–Crippen MR) is 226 cm³/mol. The molecular weight excluding hydrogens is 801 g/mol. The van der Waals surface area contributed by atoms with E-state index in [1.807, 2.05) is 109 Å². The first-order chi connectivity index (χ1) is 26.4. The van der Waals surface area contributed by atoms with Crippen LogP contribution in [0.25, 0.3) is 0 Å². The van der Waals surface area contributed by atoms with Gasteiger partial charge in [-0.3, -0.25) is 19.2 Å². The van der Waals surface area contributed by atoms with Crippen LogP contribution in [0.1, 0.15) is 52.0 Å². The first kappa shape index (κ1) is 41.9. The highest BCUT2D eigenvalue weighted by Gasteiger charge is 2.23. The number of benzene rings is 4. The summed E-state index contributed by atoms with van der Waals surface area (Å²) in [5, 5.41) is 1.43.